The SMILES string of the molecule is Cc1c(C(=O)OCC(=O)Nc2ccc([N+](=O)[O-])cc2)oc2ccc(Br)cc12. The molecule has 1 amide bonds. The highest BCUT2D eigenvalue weighted by atomic mass is 79.9. The van der Waals surface area contributed by atoms with Crippen molar-refractivity contribution in [1.82, 2.24) is 0 Å². The Morgan fingerprint density at radius 1 is 1.22 bits per heavy atom. The molecule has 0 radical (unpaired) electrons. The first-order valence-corrected chi connectivity index (χ1v) is 8.54. The minimum atomic E-state index is -0.751. The topological polar surface area (TPSA) is 112 Å². The van der Waals surface area contributed by atoms with Crippen LogP contribution >= 0.6 is 15.9 Å². The number of hydrogen-bond acceptors (Lipinski definition) is 6. The summed E-state index contributed by atoms with van der Waals surface area (Å²) in [5.74, 6) is -1.29. The highest BCUT2D eigenvalue weighted by Gasteiger charge is 2.20. The fourth-order valence-corrected chi connectivity index (χ4v) is 2.81. The first-order chi connectivity index (χ1) is 12.8. The second-order valence-corrected chi connectivity index (χ2v) is 6.54. The van der Waals surface area contributed by atoms with Crippen LogP contribution in [0.1, 0.15) is 16.1 Å². The van der Waals surface area contributed by atoms with Crippen molar-refractivity contribution in [3.8, 4) is 0 Å². The number of ether oxygens (including phenoxy) is 1. The molecule has 1 N–H and O–H groups in total. The van der Waals surface area contributed by atoms with Crippen molar-refractivity contribution in [1.29, 1.82) is 0 Å². The molecule has 0 aliphatic rings. The Hall–Kier alpha value is -3.20. The molecule has 1 heterocycles. The average molecular weight is 433 g/mol. The van der Waals surface area contributed by atoms with Gasteiger partial charge in [0.1, 0.15) is 5.58 Å². The standard InChI is InChI=1S/C18H13BrN2O6/c1-10-14-8-11(19)2-7-15(14)27-17(10)18(23)26-9-16(22)20-12-3-5-13(6-4-12)21(24)25/h2-8H,9H2,1H3,(H,20,22). The lowest BCUT2D eigenvalue weighted by molar-refractivity contribution is -0.384. The number of halogens is 1. The van der Waals surface area contributed by atoms with Crippen molar-refractivity contribution in [2.24, 2.45) is 0 Å². The van der Waals surface area contributed by atoms with Gasteiger partial charge in [0, 0.05) is 33.2 Å². The highest BCUT2D eigenvalue weighted by molar-refractivity contribution is 9.10. The fraction of sp³-hybridized carbons (Fsp3) is 0.111. The number of furan rings is 1. The number of nitro benzene ring substituents is 1. The number of fused-ring (bicyclic) bond motifs is 1. The summed E-state index contributed by atoms with van der Waals surface area (Å²) in [7, 11) is 0. The molecular weight excluding hydrogens is 420 g/mol. The van der Waals surface area contributed by atoms with E-state index in [1.807, 2.05) is 6.07 Å². The molecule has 0 aliphatic carbocycles. The van der Waals surface area contributed by atoms with E-state index in [2.05, 4.69) is 21.2 Å². The lowest BCUT2D eigenvalue weighted by atomic mass is 10.1. The number of nitro groups is 1. The van der Waals surface area contributed by atoms with E-state index in [-0.39, 0.29) is 11.4 Å². The van der Waals surface area contributed by atoms with Gasteiger partial charge in [-0.2, -0.15) is 0 Å². The number of amides is 1. The predicted octanol–water partition coefficient (Wildman–Crippen LogP) is 4.21. The van der Waals surface area contributed by atoms with Crippen molar-refractivity contribution >= 4 is 50.2 Å². The van der Waals surface area contributed by atoms with Crippen molar-refractivity contribution in [3.63, 3.8) is 0 Å². The molecule has 0 aliphatic heterocycles. The van der Waals surface area contributed by atoms with Gasteiger partial charge in [-0.1, -0.05) is 15.9 Å². The third kappa shape index (κ3) is 4.14. The van der Waals surface area contributed by atoms with Crippen LogP contribution in [0.25, 0.3) is 11.0 Å². The molecule has 0 fully saturated rings. The highest BCUT2D eigenvalue weighted by Crippen LogP contribution is 2.28. The van der Waals surface area contributed by atoms with Gasteiger partial charge in [-0.05, 0) is 37.3 Å². The third-order valence-electron chi connectivity index (χ3n) is 3.78. The van der Waals surface area contributed by atoms with Crippen LogP contribution in [0.3, 0.4) is 0 Å². The van der Waals surface area contributed by atoms with Crippen LogP contribution < -0.4 is 5.32 Å². The van der Waals surface area contributed by atoms with Crippen molar-refractivity contribution in [3.05, 3.63) is 68.4 Å². The van der Waals surface area contributed by atoms with E-state index in [0.717, 1.165) is 9.86 Å². The summed E-state index contributed by atoms with van der Waals surface area (Å²) in [6.07, 6.45) is 0. The van der Waals surface area contributed by atoms with Crippen LogP contribution in [-0.4, -0.2) is 23.4 Å². The molecule has 27 heavy (non-hydrogen) atoms. The van der Waals surface area contributed by atoms with E-state index in [0.29, 0.717) is 16.8 Å². The Bertz CT molecular complexity index is 1040. The van der Waals surface area contributed by atoms with E-state index < -0.39 is 23.4 Å². The lowest BCUT2D eigenvalue weighted by Gasteiger charge is -2.06. The van der Waals surface area contributed by atoms with Gasteiger partial charge in [-0.3, -0.25) is 14.9 Å². The number of aryl methyl sites for hydroxylation is 1. The third-order valence-corrected chi connectivity index (χ3v) is 4.27. The fourth-order valence-electron chi connectivity index (χ4n) is 2.45. The number of rotatable bonds is 5. The maximum absolute atomic E-state index is 12.2. The lowest BCUT2D eigenvalue weighted by Crippen LogP contribution is -2.21. The number of carbonyl (C=O) groups excluding carboxylic acids is 2. The smallest absolute Gasteiger partial charge is 0.375 e. The monoisotopic (exact) mass is 432 g/mol. The molecular formula is C18H13BrN2O6. The molecule has 3 aromatic rings. The second kappa shape index (κ2) is 7.58. The summed E-state index contributed by atoms with van der Waals surface area (Å²) in [6.45, 7) is 1.21. The quantitative estimate of drug-likeness (QED) is 0.367. The number of anilines is 1. The largest absolute Gasteiger partial charge is 0.450 e. The van der Waals surface area contributed by atoms with Crippen molar-refractivity contribution < 1.29 is 23.7 Å². The van der Waals surface area contributed by atoms with Crippen LogP contribution in [0.5, 0.6) is 0 Å². The second-order valence-electron chi connectivity index (χ2n) is 5.62. The Morgan fingerprint density at radius 3 is 2.59 bits per heavy atom. The van der Waals surface area contributed by atoms with Crippen LogP contribution in [0, 0.1) is 17.0 Å². The maximum atomic E-state index is 12.2. The van der Waals surface area contributed by atoms with Crippen molar-refractivity contribution in [2.75, 3.05) is 11.9 Å². The molecule has 3 rings (SSSR count). The van der Waals surface area contributed by atoms with Gasteiger partial charge in [-0.25, -0.2) is 4.79 Å². The Morgan fingerprint density at radius 2 is 1.93 bits per heavy atom. The zero-order valence-electron chi connectivity index (χ0n) is 14.0. The Labute approximate surface area is 161 Å². The van der Waals surface area contributed by atoms with Gasteiger partial charge in [0.15, 0.2) is 6.61 Å². The van der Waals surface area contributed by atoms with Crippen molar-refractivity contribution in [2.45, 2.75) is 6.92 Å². The number of carbonyl (C=O) groups is 2. The number of esters is 1. The zero-order valence-corrected chi connectivity index (χ0v) is 15.6. The van der Waals surface area contributed by atoms with E-state index in [9.17, 15) is 19.7 Å². The number of nitrogens with zero attached hydrogens (tertiary/aromatic N) is 1. The van der Waals surface area contributed by atoms with Gasteiger partial charge in [-0.15, -0.1) is 0 Å². The average Bonchev–Trinajstić information content (AvgIpc) is 2.96. The van der Waals surface area contributed by atoms with Gasteiger partial charge < -0.3 is 14.5 Å². The normalized spacial score (nSPS) is 10.6. The maximum Gasteiger partial charge on any atom is 0.375 e. The number of non-ortho nitro benzene ring substituents is 1. The molecule has 0 saturated carbocycles. The summed E-state index contributed by atoms with van der Waals surface area (Å²) in [6, 6.07) is 10.6. The van der Waals surface area contributed by atoms with Crippen LogP contribution in [0.15, 0.2) is 51.4 Å². The molecule has 1 aromatic heterocycles. The number of benzene rings is 2. The minimum absolute atomic E-state index is 0.0336. The molecule has 8 nitrogen and oxygen atoms in total. The van der Waals surface area contributed by atoms with E-state index in [1.54, 1.807) is 19.1 Å². The summed E-state index contributed by atoms with van der Waals surface area (Å²) in [5, 5.41) is 13.9. The molecule has 138 valence electrons. The number of nitrogens with one attached hydrogen (secondary N) is 1. The molecule has 0 spiro atoms. The van der Waals surface area contributed by atoms with E-state index in [1.165, 1.54) is 24.3 Å². The van der Waals surface area contributed by atoms with Gasteiger partial charge in [0.25, 0.3) is 11.6 Å². The molecule has 0 unspecified atom stereocenters. The molecule has 2 aromatic carbocycles. The summed E-state index contributed by atoms with van der Waals surface area (Å²) < 4.78 is 11.4. The van der Waals surface area contributed by atoms with Gasteiger partial charge in [0.05, 0.1) is 4.92 Å². The van der Waals surface area contributed by atoms with Gasteiger partial charge in [0.2, 0.25) is 5.76 Å². The molecule has 0 atom stereocenters. The summed E-state index contributed by atoms with van der Waals surface area (Å²) >= 11 is 3.36. The van der Waals surface area contributed by atoms with Crippen LogP contribution in [0.4, 0.5) is 11.4 Å². The van der Waals surface area contributed by atoms with Gasteiger partial charge >= 0.3 is 5.97 Å². The Kier molecular flexibility index (Phi) is 5.22. The zero-order chi connectivity index (χ0) is 19.6. The first-order valence-electron chi connectivity index (χ1n) is 7.75. The Balaban J connectivity index is 1.62. The van der Waals surface area contributed by atoms with Crippen LogP contribution in [0.2, 0.25) is 0 Å². The summed E-state index contributed by atoms with van der Waals surface area (Å²) in [4.78, 5) is 34.2. The first kappa shape index (κ1) is 18.6. The predicted molar refractivity (Wildman–Crippen MR) is 101 cm³/mol. The molecule has 0 saturated heterocycles. The van der Waals surface area contributed by atoms with E-state index >= 15 is 0 Å². The van der Waals surface area contributed by atoms with Crippen LogP contribution in [-0.2, 0) is 9.53 Å². The molecule has 0 bridgehead atoms. The minimum Gasteiger partial charge on any atom is -0.450 e. The summed E-state index contributed by atoms with van der Waals surface area (Å²) in [5.41, 5.74) is 1.42. The van der Waals surface area contributed by atoms with E-state index in [4.69, 9.17) is 9.15 Å². The number of hydrogen-bond donors (Lipinski definition) is 1. The molecule has 9 heteroatoms.